The molecule has 14 heteroatoms. The Morgan fingerprint density at radius 3 is 2.76 bits per heavy atom. The Morgan fingerprint density at radius 1 is 1.37 bits per heavy atom. The van der Waals surface area contributed by atoms with Gasteiger partial charge in [-0.3, -0.25) is 4.79 Å². The lowest BCUT2D eigenvalue weighted by atomic mass is 10.1. The first-order valence-corrected chi connectivity index (χ1v) is 12.7. The third kappa shape index (κ3) is 7.11. The van der Waals surface area contributed by atoms with Crippen molar-refractivity contribution in [1.29, 1.82) is 0 Å². The number of amides is 2. The molecule has 1 saturated carbocycles. The topological polar surface area (TPSA) is 131 Å². The first-order valence-electron chi connectivity index (χ1n) is 12.7. The predicted octanol–water partition coefficient (Wildman–Crippen LogP) is 2.39. The molecule has 3 atom stereocenters. The van der Waals surface area contributed by atoms with Crippen molar-refractivity contribution in [3.05, 3.63) is 23.5 Å². The number of carbonyl (C=O) groups excluding carboxylic acids is 1. The highest BCUT2D eigenvalue weighted by Gasteiger charge is 2.42. The van der Waals surface area contributed by atoms with Crippen LogP contribution in [0.1, 0.15) is 43.6 Å². The Labute approximate surface area is 217 Å². The smallest absolute Gasteiger partial charge is 0.411 e. The number of carbonyl (C=O) groups is 2. The quantitative estimate of drug-likeness (QED) is 0.369. The summed E-state index contributed by atoms with van der Waals surface area (Å²) in [6.45, 7) is 3.25. The fraction of sp³-hybridized carbons (Fsp3) is 0.667. The van der Waals surface area contributed by atoms with Gasteiger partial charge in [0.05, 0.1) is 31.0 Å². The Hall–Kier alpha value is -2.97. The predicted molar refractivity (Wildman–Crippen MR) is 130 cm³/mol. The number of hydrogen-bond acceptors (Lipinski definition) is 7. The van der Waals surface area contributed by atoms with Crippen LogP contribution in [0.25, 0.3) is 11.0 Å². The van der Waals surface area contributed by atoms with Crippen LogP contribution in [0.15, 0.2) is 12.1 Å². The zero-order chi connectivity index (χ0) is 27.4. The molecule has 0 spiro atoms. The van der Waals surface area contributed by atoms with Gasteiger partial charge in [-0.05, 0) is 45.2 Å². The highest BCUT2D eigenvalue weighted by Crippen LogP contribution is 2.37. The number of aromatic nitrogens is 3. The number of rotatable bonds is 11. The van der Waals surface area contributed by atoms with Crippen LogP contribution in [0.2, 0.25) is 0 Å². The average Bonchev–Trinajstić information content (AvgIpc) is 3.62. The van der Waals surface area contributed by atoms with Gasteiger partial charge in [0.15, 0.2) is 5.65 Å². The van der Waals surface area contributed by atoms with Crippen molar-refractivity contribution < 1.29 is 37.3 Å². The molecule has 3 N–H and O–H groups in total. The lowest BCUT2D eigenvalue weighted by molar-refractivity contribution is -0.178. The van der Waals surface area contributed by atoms with Gasteiger partial charge in [0.1, 0.15) is 12.7 Å². The number of fused-ring (bicyclic) bond motifs is 1. The van der Waals surface area contributed by atoms with E-state index in [1.54, 1.807) is 9.58 Å². The van der Waals surface area contributed by atoms with Gasteiger partial charge in [0.25, 0.3) is 5.91 Å². The van der Waals surface area contributed by atoms with Gasteiger partial charge in [-0.2, -0.15) is 18.3 Å². The molecule has 0 radical (unpaired) electrons. The van der Waals surface area contributed by atoms with Crippen molar-refractivity contribution in [2.24, 2.45) is 0 Å². The molecule has 0 bridgehead atoms. The lowest BCUT2D eigenvalue weighted by Gasteiger charge is -2.35. The number of nitrogens with zero attached hydrogens (tertiary/aromatic N) is 4. The zero-order valence-corrected chi connectivity index (χ0v) is 21.3. The van der Waals surface area contributed by atoms with Crippen LogP contribution in [0, 0.1) is 6.92 Å². The van der Waals surface area contributed by atoms with Crippen LogP contribution >= 0.6 is 0 Å². The summed E-state index contributed by atoms with van der Waals surface area (Å²) in [5.74, 6) is -0.199. The Kier molecular flexibility index (Phi) is 8.73. The third-order valence-corrected chi connectivity index (χ3v) is 6.54. The number of nitrogens with one attached hydrogen (secondary N) is 2. The van der Waals surface area contributed by atoms with Crippen LogP contribution in [-0.4, -0.2) is 94.0 Å². The SMILES string of the molecule is Cc1ccc2c([C@@H](C)N(C(=O)[C@H]3CN[C@@H](COCC(F)(F)F)CO3)C3CC3)nn(CCCNC(=O)O)c2n1. The molecule has 2 aliphatic rings. The molecule has 11 nitrogen and oxygen atoms in total. The Bertz CT molecular complexity index is 1130. The van der Waals surface area contributed by atoms with Crippen molar-refractivity contribution in [3.63, 3.8) is 0 Å². The largest absolute Gasteiger partial charge is 0.465 e. The third-order valence-electron chi connectivity index (χ3n) is 6.54. The van der Waals surface area contributed by atoms with E-state index in [4.69, 9.17) is 19.7 Å². The highest BCUT2D eigenvalue weighted by molar-refractivity contribution is 5.84. The summed E-state index contributed by atoms with van der Waals surface area (Å²) in [5, 5.41) is 19.8. The second kappa shape index (κ2) is 11.8. The van der Waals surface area contributed by atoms with Crippen molar-refractivity contribution in [2.75, 3.05) is 32.9 Å². The molecule has 1 aliphatic carbocycles. The normalized spacial score (nSPS) is 20.9. The fourth-order valence-corrected chi connectivity index (χ4v) is 4.60. The van der Waals surface area contributed by atoms with Crippen molar-refractivity contribution >= 4 is 23.0 Å². The van der Waals surface area contributed by atoms with Gasteiger partial charge in [-0.15, -0.1) is 0 Å². The van der Waals surface area contributed by atoms with Crippen LogP contribution in [0.3, 0.4) is 0 Å². The minimum atomic E-state index is -4.39. The molecule has 1 aliphatic heterocycles. The molecule has 38 heavy (non-hydrogen) atoms. The van der Waals surface area contributed by atoms with Gasteiger partial charge in [0.2, 0.25) is 0 Å². The first kappa shape index (κ1) is 28.0. The summed E-state index contributed by atoms with van der Waals surface area (Å²) in [4.78, 5) is 30.8. The number of alkyl halides is 3. The molecule has 4 rings (SSSR count). The number of ether oxygens (including phenoxy) is 2. The second-order valence-electron chi connectivity index (χ2n) is 9.73. The van der Waals surface area contributed by atoms with E-state index in [2.05, 4.69) is 15.6 Å². The zero-order valence-electron chi connectivity index (χ0n) is 21.3. The van der Waals surface area contributed by atoms with E-state index in [-0.39, 0.29) is 44.3 Å². The molecular formula is C24H33F3N6O5. The van der Waals surface area contributed by atoms with Crippen LogP contribution in [0.5, 0.6) is 0 Å². The molecule has 0 unspecified atom stereocenters. The Morgan fingerprint density at radius 2 is 2.13 bits per heavy atom. The maximum atomic E-state index is 13.6. The summed E-state index contributed by atoms with van der Waals surface area (Å²) in [5.41, 5.74) is 2.18. The molecule has 2 fully saturated rings. The molecule has 3 heterocycles. The van der Waals surface area contributed by atoms with E-state index < -0.39 is 31.0 Å². The summed E-state index contributed by atoms with van der Waals surface area (Å²) >= 11 is 0. The van der Waals surface area contributed by atoms with Crippen molar-refractivity contribution in [2.45, 2.75) is 70.1 Å². The van der Waals surface area contributed by atoms with Gasteiger partial charge in [-0.1, -0.05) is 0 Å². The summed E-state index contributed by atoms with van der Waals surface area (Å²) in [7, 11) is 0. The summed E-state index contributed by atoms with van der Waals surface area (Å²) < 4.78 is 49.2. The Balaban J connectivity index is 1.45. The number of pyridine rings is 1. The van der Waals surface area contributed by atoms with Crippen LogP contribution < -0.4 is 10.6 Å². The van der Waals surface area contributed by atoms with Crippen LogP contribution in [0.4, 0.5) is 18.0 Å². The maximum Gasteiger partial charge on any atom is 0.411 e. The number of carboxylic acid groups (broad SMARTS) is 1. The van der Waals surface area contributed by atoms with Gasteiger partial charge < -0.3 is 30.1 Å². The maximum absolute atomic E-state index is 13.6. The van der Waals surface area contributed by atoms with Gasteiger partial charge in [-0.25, -0.2) is 14.5 Å². The first-order chi connectivity index (χ1) is 18.0. The van der Waals surface area contributed by atoms with Crippen LogP contribution in [-0.2, 0) is 20.8 Å². The van der Waals surface area contributed by atoms with E-state index in [9.17, 15) is 22.8 Å². The number of hydrogen-bond donors (Lipinski definition) is 3. The summed E-state index contributed by atoms with van der Waals surface area (Å²) in [6.07, 6.45) is -4.00. The summed E-state index contributed by atoms with van der Waals surface area (Å²) in [6, 6.07) is 3.05. The number of halogens is 3. The molecule has 0 aromatic carbocycles. The molecule has 1 saturated heterocycles. The molecule has 2 aromatic rings. The van der Waals surface area contributed by atoms with Gasteiger partial charge in [0, 0.05) is 36.8 Å². The van der Waals surface area contributed by atoms with E-state index >= 15 is 0 Å². The fourth-order valence-electron chi connectivity index (χ4n) is 4.60. The highest BCUT2D eigenvalue weighted by atomic mass is 19.4. The molecule has 210 valence electrons. The van der Waals surface area contributed by atoms with E-state index in [0.29, 0.717) is 24.3 Å². The van der Waals surface area contributed by atoms with E-state index in [0.717, 1.165) is 23.9 Å². The molecular weight excluding hydrogens is 509 g/mol. The number of aryl methyl sites for hydroxylation is 2. The monoisotopic (exact) mass is 542 g/mol. The minimum absolute atomic E-state index is 0.0484. The standard InChI is InChI=1S/C24H33F3N6O5/c1-14-4-7-18-20(31-32(21(18)30-14)9-3-8-28-23(35)36)15(2)33(17-5-6-17)22(34)19-10-29-16(12-38-19)11-37-13-24(25,26)27/h4,7,15-17,19,28-29H,3,5-6,8-13H2,1-2H3,(H,35,36)/t15-,16+,19-/m1/s1. The van der Waals surface area contributed by atoms with E-state index in [1.807, 2.05) is 26.0 Å². The molecule has 2 amide bonds. The molecule has 2 aromatic heterocycles. The van der Waals surface area contributed by atoms with E-state index in [1.165, 1.54) is 0 Å². The average molecular weight is 543 g/mol. The second-order valence-corrected chi connectivity index (χ2v) is 9.73. The van der Waals surface area contributed by atoms with Crippen molar-refractivity contribution in [3.8, 4) is 0 Å². The number of morpholine rings is 1. The van der Waals surface area contributed by atoms with Gasteiger partial charge >= 0.3 is 12.3 Å². The van der Waals surface area contributed by atoms with Crippen molar-refractivity contribution in [1.82, 2.24) is 30.3 Å². The minimum Gasteiger partial charge on any atom is -0.465 e. The lowest BCUT2D eigenvalue weighted by Crippen LogP contribution is -2.55.